The Morgan fingerprint density at radius 1 is 1.09 bits per heavy atom. The topological polar surface area (TPSA) is 42.0 Å². The summed E-state index contributed by atoms with van der Waals surface area (Å²) in [6, 6.07) is 13.6. The molecular weight excluding hydrogens is 475 g/mol. The van der Waals surface area contributed by atoms with Gasteiger partial charge in [-0.05, 0) is 83.1 Å². The van der Waals surface area contributed by atoms with Gasteiger partial charge in [0.1, 0.15) is 24.3 Å². The van der Waals surface area contributed by atoms with E-state index in [2.05, 4.69) is 33.0 Å². The van der Waals surface area contributed by atoms with Crippen molar-refractivity contribution in [3.05, 3.63) is 64.3 Å². The van der Waals surface area contributed by atoms with Gasteiger partial charge >= 0.3 is 0 Å². The fraction of sp³-hybridized carbons (Fsp3) is 0.400. The highest BCUT2D eigenvalue weighted by atomic mass is 79.9. The van der Waals surface area contributed by atoms with Crippen molar-refractivity contribution in [2.24, 2.45) is 0 Å². The van der Waals surface area contributed by atoms with E-state index in [-0.39, 0.29) is 5.91 Å². The third kappa shape index (κ3) is 4.84. The van der Waals surface area contributed by atoms with E-state index >= 15 is 0 Å². The highest BCUT2D eigenvalue weighted by Crippen LogP contribution is 2.40. The number of hydrogen-bond acceptors (Lipinski definition) is 4. The molecule has 32 heavy (non-hydrogen) atoms. The molecule has 1 saturated heterocycles. The number of nitrogens with zero attached hydrogens (tertiary/aromatic N) is 2. The molecule has 5 nitrogen and oxygen atoms in total. The molecule has 1 atom stereocenters. The first-order chi connectivity index (χ1) is 15.6. The Labute approximate surface area is 195 Å². The number of hydrogen-bond donors (Lipinski definition) is 0. The van der Waals surface area contributed by atoms with Crippen LogP contribution in [0.3, 0.4) is 0 Å². The van der Waals surface area contributed by atoms with Gasteiger partial charge in [0.2, 0.25) is 0 Å². The molecule has 0 radical (unpaired) electrons. The summed E-state index contributed by atoms with van der Waals surface area (Å²) in [4.78, 5) is 16.6. The van der Waals surface area contributed by atoms with Crippen molar-refractivity contribution in [3.63, 3.8) is 0 Å². The van der Waals surface area contributed by atoms with Crippen molar-refractivity contribution >= 4 is 27.5 Å². The molecule has 0 bridgehead atoms. The zero-order valence-corrected chi connectivity index (χ0v) is 19.4. The summed E-state index contributed by atoms with van der Waals surface area (Å²) in [7, 11) is 0. The van der Waals surface area contributed by atoms with E-state index in [0.717, 1.165) is 16.7 Å². The molecule has 3 aliphatic rings. The number of alkyl halides is 1. The van der Waals surface area contributed by atoms with Crippen molar-refractivity contribution in [2.75, 3.05) is 37.7 Å². The lowest BCUT2D eigenvalue weighted by Gasteiger charge is -2.19. The van der Waals surface area contributed by atoms with Gasteiger partial charge in [-0.2, -0.15) is 0 Å². The molecule has 1 aliphatic carbocycles. The van der Waals surface area contributed by atoms with E-state index in [9.17, 15) is 9.18 Å². The minimum Gasteiger partial charge on any atom is -0.491 e. The van der Waals surface area contributed by atoms with Crippen LogP contribution in [-0.2, 0) is 4.79 Å². The summed E-state index contributed by atoms with van der Waals surface area (Å²) in [5.74, 6) is 2.26. The second-order valence-electron chi connectivity index (χ2n) is 8.58. The zero-order valence-electron chi connectivity index (χ0n) is 17.8. The summed E-state index contributed by atoms with van der Waals surface area (Å²) in [6.45, 7) is 2.92. The van der Waals surface area contributed by atoms with E-state index in [1.807, 2.05) is 36.4 Å². The fourth-order valence-electron chi connectivity index (χ4n) is 4.18. The molecule has 2 aliphatic heterocycles. The van der Waals surface area contributed by atoms with Gasteiger partial charge < -0.3 is 14.4 Å². The molecule has 0 spiro atoms. The SMILES string of the molecule is O=C1C(Oc2ccc(C3CC3)cc2)=CCN1c1ccc(OCCN2CC[C@@H](F)C2)c(Br)c1. The van der Waals surface area contributed by atoms with Gasteiger partial charge in [0.05, 0.1) is 4.47 Å². The van der Waals surface area contributed by atoms with Crippen LogP contribution in [0, 0.1) is 0 Å². The van der Waals surface area contributed by atoms with Crippen LogP contribution in [0.4, 0.5) is 10.1 Å². The number of amides is 1. The van der Waals surface area contributed by atoms with Gasteiger partial charge in [0.15, 0.2) is 5.76 Å². The van der Waals surface area contributed by atoms with E-state index < -0.39 is 6.17 Å². The van der Waals surface area contributed by atoms with Crippen molar-refractivity contribution < 1.29 is 18.7 Å². The maximum Gasteiger partial charge on any atom is 0.294 e. The number of halogens is 2. The average Bonchev–Trinajstić information content (AvgIpc) is 3.47. The first-order valence-electron chi connectivity index (χ1n) is 11.2. The van der Waals surface area contributed by atoms with Crippen LogP contribution in [0.5, 0.6) is 11.5 Å². The maximum absolute atomic E-state index is 13.3. The number of benzene rings is 2. The highest BCUT2D eigenvalue weighted by Gasteiger charge is 2.28. The van der Waals surface area contributed by atoms with Crippen LogP contribution in [-0.4, -0.2) is 49.8 Å². The molecule has 0 unspecified atom stereocenters. The maximum atomic E-state index is 13.3. The van der Waals surface area contributed by atoms with E-state index in [0.29, 0.717) is 55.8 Å². The van der Waals surface area contributed by atoms with Crippen molar-refractivity contribution in [2.45, 2.75) is 31.4 Å². The largest absolute Gasteiger partial charge is 0.491 e. The Balaban J connectivity index is 1.16. The molecule has 0 aromatic heterocycles. The van der Waals surface area contributed by atoms with Gasteiger partial charge in [-0.1, -0.05) is 12.1 Å². The van der Waals surface area contributed by atoms with Gasteiger partial charge in [-0.25, -0.2) is 4.39 Å². The van der Waals surface area contributed by atoms with Gasteiger partial charge in [-0.3, -0.25) is 9.69 Å². The fourth-order valence-corrected chi connectivity index (χ4v) is 4.67. The molecule has 2 fully saturated rings. The smallest absolute Gasteiger partial charge is 0.294 e. The molecular formula is C25H26BrFN2O3. The van der Waals surface area contributed by atoms with Crippen molar-refractivity contribution in [3.8, 4) is 11.5 Å². The summed E-state index contributed by atoms with van der Waals surface area (Å²) < 4.78 is 25.8. The van der Waals surface area contributed by atoms with Crippen LogP contribution in [0.2, 0.25) is 0 Å². The predicted octanol–water partition coefficient (Wildman–Crippen LogP) is 5.06. The lowest BCUT2D eigenvalue weighted by atomic mass is 10.1. The molecule has 2 aromatic rings. The Bertz CT molecular complexity index is 1020. The van der Waals surface area contributed by atoms with E-state index in [1.54, 1.807) is 4.90 Å². The first kappa shape index (κ1) is 21.5. The molecule has 0 N–H and O–H groups in total. The number of carbonyl (C=O) groups excluding carboxylic acids is 1. The molecule has 2 aromatic carbocycles. The van der Waals surface area contributed by atoms with Crippen LogP contribution in [0.1, 0.15) is 30.7 Å². The number of ether oxygens (including phenoxy) is 2. The van der Waals surface area contributed by atoms with Crippen molar-refractivity contribution in [1.29, 1.82) is 0 Å². The van der Waals surface area contributed by atoms with Crippen LogP contribution in [0.15, 0.2) is 58.8 Å². The number of rotatable bonds is 8. The summed E-state index contributed by atoms with van der Waals surface area (Å²) in [5, 5.41) is 0. The van der Waals surface area contributed by atoms with Crippen LogP contribution in [0.25, 0.3) is 0 Å². The molecule has 1 saturated carbocycles. The highest BCUT2D eigenvalue weighted by molar-refractivity contribution is 9.10. The quantitative estimate of drug-likeness (QED) is 0.508. The van der Waals surface area contributed by atoms with Gasteiger partial charge in [0.25, 0.3) is 5.91 Å². The Morgan fingerprint density at radius 3 is 2.59 bits per heavy atom. The Kier molecular flexibility index (Phi) is 6.20. The third-order valence-corrected chi connectivity index (χ3v) is 6.80. The minimum atomic E-state index is -0.719. The second-order valence-corrected chi connectivity index (χ2v) is 9.43. The van der Waals surface area contributed by atoms with Gasteiger partial charge in [0, 0.05) is 31.9 Å². The molecule has 5 rings (SSSR count). The van der Waals surface area contributed by atoms with Crippen LogP contribution >= 0.6 is 15.9 Å². The minimum absolute atomic E-state index is 0.161. The van der Waals surface area contributed by atoms with Crippen LogP contribution < -0.4 is 14.4 Å². The average molecular weight is 501 g/mol. The predicted molar refractivity (Wildman–Crippen MR) is 125 cm³/mol. The normalized spacial score (nSPS) is 21.2. The molecule has 168 valence electrons. The summed E-state index contributed by atoms with van der Waals surface area (Å²) in [5.41, 5.74) is 2.11. The standard InChI is InChI=1S/C25H26BrFN2O3/c26-22-15-20(5-8-23(22)31-14-13-28-11-9-19(27)16-28)29-12-10-24(25(29)30)32-21-6-3-18(4-7-21)17-1-2-17/h3-8,10,15,17,19H,1-2,9,11-14,16H2/t19-/m1/s1. The Hall–Kier alpha value is -2.38. The first-order valence-corrected chi connectivity index (χ1v) is 11.9. The lowest BCUT2D eigenvalue weighted by molar-refractivity contribution is -0.116. The van der Waals surface area contributed by atoms with Crippen molar-refractivity contribution in [1.82, 2.24) is 4.90 Å². The summed E-state index contributed by atoms with van der Waals surface area (Å²) >= 11 is 3.54. The Morgan fingerprint density at radius 2 is 1.91 bits per heavy atom. The van der Waals surface area contributed by atoms with E-state index in [1.165, 1.54) is 18.4 Å². The monoisotopic (exact) mass is 500 g/mol. The van der Waals surface area contributed by atoms with Gasteiger partial charge in [-0.15, -0.1) is 0 Å². The molecule has 1 amide bonds. The molecule has 2 heterocycles. The zero-order chi connectivity index (χ0) is 22.1. The van der Waals surface area contributed by atoms with E-state index in [4.69, 9.17) is 9.47 Å². The second kappa shape index (κ2) is 9.24. The molecule has 7 heteroatoms. The lowest BCUT2D eigenvalue weighted by Crippen LogP contribution is -2.28. The summed E-state index contributed by atoms with van der Waals surface area (Å²) in [6.07, 6.45) is 4.22. The number of anilines is 1. The third-order valence-electron chi connectivity index (χ3n) is 6.18. The number of likely N-dealkylation sites (tertiary alicyclic amines) is 1. The number of carbonyl (C=O) groups is 1.